The van der Waals surface area contributed by atoms with Crippen molar-refractivity contribution in [1.82, 2.24) is 0 Å². The summed E-state index contributed by atoms with van der Waals surface area (Å²) in [6.07, 6.45) is 3.14. The van der Waals surface area contributed by atoms with Gasteiger partial charge in [-0.3, -0.25) is 4.79 Å². The minimum Gasteiger partial charge on any atom is -0.462 e. The number of esters is 1. The van der Waals surface area contributed by atoms with Gasteiger partial charge in [0, 0.05) is 6.08 Å². The quantitative estimate of drug-likeness (QED) is 0.678. The van der Waals surface area contributed by atoms with E-state index in [-0.39, 0.29) is 12.5 Å². The van der Waals surface area contributed by atoms with Crippen LogP contribution in [0.3, 0.4) is 0 Å². The second-order valence-electron chi connectivity index (χ2n) is 4.50. The van der Waals surface area contributed by atoms with Crippen LogP contribution < -0.4 is 5.32 Å². The Morgan fingerprint density at radius 1 is 1.05 bits per heavy atom. The molecule has 1 amide bonds. The molecular formula is C18H17NO3. The molecule has 0 spiro atoms. The Labute approximate surface area is 129 Å². The van der Waals surface area contributed by atoms with E-state index in [0.29, 0.717) is 11.3 Å². The molecule has 0 fully saturated rings. The summed E-state index contributed by atoms with van der Waals surface area (Å²) >= 11 is 0. The van der Waals surface area contributed by atoms with Gasteiger partial charge in [0.25, 0.3) is 0 Å². The van der Waals surface area contributed by atoms with Crippen molar-refractivity contribution in [2.45, 2.75) is 6.92 Å². The van der Waals surface area contributed by atoms with Gasteiger partial charge in [0.05, 0.1) is 17.9 Å². The van der Waals surface area contributed by atoms with E-state index >= 15 is 0 Å². The lowest BCUT2D eigenvalue weighted by atomic mass is 10.1. The molecule has 0 aromatic heterocycles. The van der Waals surface area contributed by atoms with Gasteiger partial charge in [0.15, 0.2) is 0 Å². The van der Waals surface area contributed by atoms with Crippen molar-refractivity contribution < 1.29 is 14.3 Å². The first-order chi connectivity index (χ1) is 10.7. The maximum absolute atomic E-state index is 12.0. The predicted molar refractivity (Wildman–Crippen MR) is 86.5 cm³/mol. The Balaban J connectivity index is 2.09. The zero-order valence-corrected chi connectivity index (χ0v) is 12.3. The topological polar surface area (TPSA) is 55.4 Å². The number of carbonyl (C=O) groups excluding carboxylic acids is 2. The molecule has 0 saturated carbocycles. The standard InChI is InChI=1S/C18H17NO3/c1-2-22-18(21)15-10-6-7-11-16(15)19-17(20)13-12-14-8-4-3-5-9-14/h3-13H,2H2,1H3,(H,19,20)/b13-12+. The van der Waals surface area contributed by atoms with Gasteiger partial charge in [-0.2, -0.15) is 0 Å². The summed E-state index contributed by atoms with van der Waals surface area (Å²) in [6.45, 7) is 2.02. The molecule has 0 unspecified atom stereocenters. The first-order valence-electron chi connectivity index (χ1n) is 7.01. The van der Waals surface area contributed by atoms with Crippen molar-refractivity contribution in [3.8, 4) is 0 Å². The van der Waals surface area contributed by atoms with Crippen LogP contribution in [-0.2, 0) is 9.53 Å². The van der Waals surface area contributed by atoms with Gasteiger partial charge in [0.2, 0.25) is 5.91 Å². The van der Waals surface area contributed by atoms with Gasteiger partial charge >= 0.3 is 5.97 Å². The monoisotopic (exact) mass is 295 g/mol. The third kappa shape index (κ3) is 4.31. The lowest BCUT2D eigenvalue weighted by Gasteiger charge is -2.08. The smallest absolute Gasteiger partial charge is 0.340 e. The number of hydrogen-bond acceptors (Lipinski definition) is 3. The summed E-state index contributed by atoms with van der Waals surface area (Å²) in [5.74, 6) is -0.758. The normalized spacial score (nSPS) is 10.4. The van der Waals surface area contributed by atoms with Gasteiger partial charge in [0.1, 0.15) is 0 Å². The molecule has 0 saturated heterocycles. The molecule has 2 rings (SSSR count). The predicted octanol–water partition coefficient (Wildman–Crippen LogP) is 3.52. The Morgan fingerprint density at radius 3 is 2.45 bits per heavy atom. The SMILES string of the molecule is CCOC(=O)c1ccccc1NC(=O)/C=C/c1ccccc1. The average Bonchev–Trinajstić information content (AvgIpc) is 2.54. The van der Waals surface area contributed by atoms with Crippen LogP contribution in [0.5, 0.6) is 0 Å². The molecule has 22 heavy (non-hydrogen) atoms. The zero-order chi connectivity index (χ0) is 15.8. The Hall–Kier alpha value is -2.88. The number of para-hydroxylation sites is 1. The van der Waals surface area contributed by atoms with E-state index in [1.165, 1.54) is 6.08 Å². The number of rotatable bonds is 5. The first kappa shape index (κ1) is 15.5. The van der Waals surface area contributed by atoms with Gasteiger partial charge in [-0.1, -0.05) is 42.5 Å². The van der Waals surface area contributed by atoms with E-state index in [9.17, 15) is 9.59 Å². The van der Waals surface area contributed by atoms with Crippen LogP contribution in [0.1, 0.15) is 22.8 Å². The molecule has 0 atom stereocenters. The van der Waals surface area contributed by atoms with E-state index < -0.39 is 5.97 Å². The van der Waals surface area contributed by atoms with E-state index in [0.717, 1.165) is 5.56 Å². The van der Waals surface area contributed by atoms with Crippen LogP contribution in [0.4, 0.5) is 5.69 Å². The minimum atomic E-state index is -0.453. The van der Waals surface area contributed by atoms with E-state index in [2.05, 4.69) is 5.32 Å². The molecule has 0 aliphatic rings. The van der Waals surface area contributed by atoms with Crippen LogP contribution >= 0.6 is 0 Å². The number of ether oxygens (including phenoxy) is 1. The molecule has 4 heteroatoms. The molecule has 0 aliphatic heterocycles. The molecule has 0 bridgehead atoms. The van der Waals surface area contributed by atoms with Crippen molar-refractivity contribution in [2.24, 2.45) is 0 Å². The van der Waals surface area contributed by atoms with Crippen molar-refractivity contribution >= 4 is 23.6 Å². The van der Waals surface area contributed by atoms with Crippen molar-refractivity contribution in [3.63, 3.8) is 0 Å². The van der Waals surface area contributed by atoms with Gasteiger partial charge < -0.3 is 10.1 Å². The summed E-state index contributed by atoms with van der Waals surface area (Å²) < 4.78 is 4.97. The van der Waals surface area contributed by atoms with Gasteiger partial charge in [-0.15, -0.1) is 0 Å². The lowest BCUT2D eigenvalue weighted by Crippen LogP contribution is -2.13. The Morgan fingerprint density at radius 2 is 1.73 bits per heavy atom. The molecule has 1 N–H and O–H groups in total. The Kier molecular flexibility index (Phi) is 5.49. The highest BCUT2D eigenvalue weighted by Gasteiger charge is 2.12. The van der Waals surface area contributed by atoms with E-state index in [1.807, 2.05) is 30.3 Å². The van der Waals surface area contributed by atoms with Gasteiger partial charge in [-0.05, 0) is 30.7 Å². The van der Waals surface area contributed by atoms with Crippen LogP contribution in [0.2, 0.25) is 0 Å². The molecule has 2 aromatic carbocycles. The average molecular weight is 295 g/mol. The summed E-state index contributed by atoms with van der Waals surface area (Å²) in [5.41, 5.74) is 1.70. The lowest BCUT2D eigenvalue weighted by molar-refractivity contribution is -0.111. The third-order valence-electron chi connectivity index (χ3n) is 2.91. The van der Waals surface area contributed by atoms with Crippen LogP contribution in [-0.4, -0.2) is 18.5 Å². The number of amides is 1. The van der Waals surface area contributed by atoms with Crippen LogP contribution in [0, 0.1) is 0 Å². The Bertz CT molecular complexity index is 678. The molecule has 0 radical (unpaired) electrons. The van der Waals surface area contributed by atoms with Crippen molar-refractivity contribution in [3.05, 3.63) is 71.8 Å². The number of hydrogen-bond donors (Lipinski definition) is 1. The number of anilines is 1. The minimum absolute atomic E-state index is 0.287. The second kappa shape index (κ2) is 7.78. The van der Waals surface area contributed by atoms with E-state index in [4.69, 9.17) is 4.74 Å². The second-order valence-corrected chi connectivity index (χ2v) is 4.50. The maximum atomic E-state index is 12.0. The molecule has 0 aliphatic carbocycles. The molecule has 112 valence electrons. The molecular weight excluding hydrogens is 278 g/mol. The first-order valence-corrected chi connectivity index (χ1v) is 7.01. The molecule has 2 aromatic rings. The highest BCUT2D eigenvalue weighted by molar-refractivity contribution is 6.06. The summed E-state index contributed by atoms with van der Waals surface area (Å²) in [5, 5.41) is 2.69. The molecule has 0 heterocycles. The highest BCUT2D eigenvalue weighted by atomic mass is 16.5. The summed E-state index contributed by atoms with van der Waals surface area (Å²) in [7, 11) is 0. The number of benzene rings is 2. The largest absolute Gasteiger partial charge is 0.462 e. The zero-order valence-electron chi connectivity index (χ0n) is 12.3. The van der Waals surface area contributed by atoms with E-state index in [1.54, 1.807) is 37.3 Å². The van der Waals surface area contributed by atoms with Gasteiger partial charge in [-0.25, -0.2) is 4.79 Å². The van der Waals surface area contributed by atoms with Crippen molar-refractivity contribution in [1.29, 1.82) is 0 Å². The number of carbonyl (C=O) groups is 2. The fourth-order valence-corrected chi connectivity index (χ4v) is 1.89. The fourth-order valence-electron chi connectivity index (χ4n) is 1.89. The fraction of sp³-hybridized carbons (Fsp3) is 0.111. The summed E-state index contributed by atoms with van der Waals surface area (Å²) in [6, 6.07) is 16.3. The molecule has 4 nitrogen and oxygen atoms in total. The third-order valence-corrected chi connectivity index (χ3v) is 2.91. The van der Waals surface area contributed by atoms with Crippen LogP contribution in [0.25, 0.3) is 6.08 Å². The summed E-state index contributed by atoms with van der Waals surface area (Å²) in [4.78, 5) is 23.8. The highest BCUT2D eigenvalue weighted by Crippen LogP contribution is 2.16. The number of nitrogens with one attached hydrogen (secondary N) is 1. The maximum Gasteiger partial charge on any atom is 0.340 e. The van der Waals surface area contributed by atoms with Crippen LogP contribution in [0.15, 0.2) is 60.7 Å². The van der Waals surface area contributed by atoms with Crippen molar-refractivity contribution in [2.75, 3.05) is 11.9 Å².